The van der Waals surface area contributed by atoms with Crippen LogP contribution in [0.1, 0.15) is 5.56 Å². The molecule has 0 bridgehead atoms. The molecule has 0 fully saturated rings. The van der Waals surface area contributed by atoms with E-state index in [9.17, 15) is 21.6 Å². The van der Waals surface area contributed by atoms with Crippen LogP contribution in [0.15, 0.2) is 52.1 Å². The Bertz CT molecular complexity index is 749. The van der Waals surface area contributed by atoms with Crippen molar-refractivity contribution in [3.05, 3.63) is 52.8 Å². The molecule has 0 aliphatic heterocycles. The SMILES string of the molecule is O=S(=O)(Nc1cc(C(F)(F)F)ccc1Br)c1cccnc1. The lowest BCUT2D eigenvalue weighted by Crippen LogP contribution is -2.14. The van der Waals surface area contributed by atoms with Crippen molar-refractivity contribution in [1.82, 2.24) is 4.98 Å². The van der Waals surface area contributed by atoms with E-state index in [0.717, 1.165) is 24.4 Å². The summed E-state index contributed by atoms with van der Waals surface area (Å²) in [6.07, 6.45) is -2.07. The van der Waals surface area contributed by atoms with Gasteiger partial charge in [-0.05, 0) is 46.3 Å². The van der Waals surface area contributed by atoms with Gasteiger partial charge in [0.25, 0.3) is 10.0 Å². The van der Waals surface area contributed by atoms with Gasteiger partial charge in [0.1, 0.15) is 4.90 Å². The summed E-state index contributed by atoms with van der Waals surface area (Å²) in [7, 11) is -4.01. The van der Waals surface area contributed by atoms with E-state index in [1.54, 1.807) is 0 Å². The summed E-state index contributed by atoms with van der Waals surface area (Å²) < 4.78 is 64.4. The van der Waals surface area contributed by atoms with Gasteiger partial charge in [-0.25, -0.2) is 8.42 Å². The van der Waals surface area contributed by atoms with Gasteiger partial charge in [0.05, 0.1) is 11.3 Å². The number of hydrogen-bond acceptors (Lipinski definition) is 3. The van der Waals surface area contributed by atoms with Crippen molar-refractivity contribution in [1.29, 1.82) is 0 Å². The maximum atomic E-state index is 12.7. The van der Waals surface area contributed by atoms with E-state index in [2.05, 4.69) is 25.6 Å². The largest absolute Gasteiger partial charge is 0.416 e. The summed E-state index contributed by atoms with van der Waals surface area (Å²) in [5, 5.41) is 0. The number of alkyl halides is 3. The van der Waals surface area contributed by atoms with Crippen LogP contribution in [-0.2, 0) is 16.2 Å². The average molecular weight is 381 g/mol. The first-order chi connectivity index (χ1) is 9.70. The molecule has 1 heterocycles. The van der Waals surface area contributed by atoms with E-state index < -0.39 is 21.8 Å². The standard InChI is InChI=1S/C12H8BrF3N2O2S/c13-10-4-3-8(12(14,15)16)6-11(10)18-21(19,20)9-2-1-5-17-7-9/h1-7,18H. The van der Waals surface area contributed by atoms with Gasteiger partial charge in [-0.1, -0.05) is 0 Å². The summed E-state index contributed by atoms with van der Waals surface area (Å²) >= 11 is 3.01. The molecule has 1 N–H and O–H groups in total. The maximum absolute atomic E-state index is 12.7. The van der Waals surface area contributed by atoms with Crippen LogP contribution in [0.25, 0.3) is 0 Å². The molecule has 0 amide bonds. The van der Waals surface area contributed by atoms with Crippen LogP contribution in [0.2, 0.25) is 0 Å². The zero-order chi connectivity index (χ0) is 15.7. The van der Waals surface area contributed by atoms with Crippen molar-refractivity contribution in [3.8, 4) is 0 Å². The second kappa shape index (κ2) is 5.64. The van der Waals surface area contributed by atoms with Crippen LogP contribution in [0.4, 0.5) is 18.9 Å². The van der Waals surface area contributed by atoms with Crippen molar-refractivity contribution in [3.63, 3.8) is 0 Å². The van der Waals surface area contributed by atoms with Crippen molar-refractivity contribution >= 4 is 31.6 Å². The van der Waals surface area contributed by atoms with Gasteiger partial charge in [-0.15, -0.1) is 0 Å². The fraction of sp³-hybridized carbons (Fsp3) is 0.0833. The van der Waals surface area contributed by atoms with Crippen LogP contribution < -0.4 is 4.72 Å². The number of pyridine rings is 1. The molecule has 0 aliphatic rings. The molecule has 9 heteroatoms. The Morgan fingerprint density at radius 1 is 1.19 bits per heavy atom. The van der Waals surface area contributed by atoms with E-state index in [1.165, 1.54) is 18.3 Å². The van der Waals surface area contributed by atoms with Gasteiger partial charge in [-0.2, -0.15) is 13.2 Å². The Morgan fingerprint density at radius 2 is 1.90 bits per heavy atom. The Balaban J connectivity index is 2.40. The van der Waals surface area contributed by atoms with Crippen LogP contribution in [0.5, 0.6) is 0 Å². The minimum Gasteiger partial charge on any atom is -0.278 e. The van der Waals surface area contributed by atoms with E-state index in [-0.39, 0.29) is 15.1 Å². The molecule has 2 aromatic rings. The predicted octanol–water partition coefficient (Wildman–Crippen LogP) is 3.66. The van der Waals surface area contributed by atoms with Gasteiger partial charge < -0.3 is 0 Å². The number of sulfonamides is 1. The highest BCUT2D eigenvalue weighted by molar-refractivity contribution is 9.10. The number of rotatable bonds is 3. The Labute approximate surface area is 127 Å². The minimum absolute atomic E-state index is 0.144. The number of aromatic nitrogens is 1. The molecule has 21 heavy (non-hydrogen) atoms. The molecular formula is C12H8BrF3N2O2S. The molecule has 112 valence electrons. The molecule has 1 aromatic heterocycles. The summed E-state index contributed by atoms with van der Waals surface area (Å²) in [4.78, 5) is 3.52. The number of halogens is 4. The zero-order valence-corrected chi connectivity index (χ0v) is 12.6. The third-order valence-electron chi connectivity index (χ3n) is 2.48. The lowest BCUT2D eigenvalue weighted by Gasteiger charge is -2.12. The van der Waals surface area contributed by atoms with Gasteiger partial charge in [-0.3, -0.25) is 9.71 Å². The molecule has 4 nitrogen and oxygen atoms in total. The first kappa shape index (κ1) is 15.8. The van der Waals surface area contributed by atoms with Crippen molar-refractivity contribution in [2.24, 2.45) is 0 Å². The van der Waals surface area contributed by atoms with Gasteiger partial charge >= 0.3 is 6.18 Å². The molecule has 0 spiro atoms. The van der Waals surface area contributed by atoms with Crippen molar-refractivity contribution in [2.75, 3.05) is 4.72 Å². The highest BCUT2D eigenvalue weighted by Gasteiger charge is 2.31. The number of nitrogens with zero attached hydrogens (tertiary/aromatic N) is 1. The molecule has 1 aromatic carbocycles. The van der Waals surface area contributed by atoms with E-state index >= 15 is 0 Å². The second-order valence-corrected chi connectivity index (χ2v) is 6.52. The summed E-state index contributed by atoms with van der Waals surface area (Å²) in [5.74, 6) is 0. The Hall–Kier alpha value is -1.61. The van der Waals surface area contributed by atoms with Crippen LogP contribution >= 0.6 is 15.9 Å². The Kier molecular flexibility index (Phi) is 4.24. The average Bonchev–Trinajstić information content (AvgIpc) is 2.41. The number of nitrogens with one attached hydrogen (secondary N) is 1. The molecule has 0 unspecified atom stereocenters. The summed E-state index contributed by atoms with van der Waals surface area (Å²) in [6, 6.07) is 5.40. The molecule has 0 aliphatic carbocycles. The van der Waals surface area contributed by atoms with Crippen LogP contribution in [0, 0.1) is 0 Å². The zero-order valence-electron chi connectivity index (χ0n) is 10.2. The molecule has 2 rings (SSSR count). The number of hydrogen-bond donors (Lipinski definition) is 1. The minimum atomic E-state index is -4.56. The number of anilines is 1. The van der Waals surface area contributed by atoms with Gasteiger partial charge in [0.2, 0.25) is 0 Å². The van der Waals surface area contributed by atoms with Gasteiger partial charge in [0.15, 0.2) is 0 Å². The van der Waals surface area contributed by atoms with E-state index in [4.69, 9.17) is 0 Å². The lowest BCUT2D eigenvalue weighted by molar-refractivity contribution is -0.137. The topological polar surface area (TPSA) is 59.1 Å². The van der Waals surface area contributed by atoms with Crippen molar-refractivity contribution < 1.29 is 21.6 Å². The first-order valence-corrected chi connectivity index (χ1v) is 7.77. The smallest absolute Gasteiger partial charge is 0.278 e. The van der Waals surface area contributed by atoms with E-state index in [1.807, 2.05) is 0 Å². The van der Waals surface area contributed by atoms with Crippen LogP contribution in [0.3, 0.4) is 0 Å². The maximum Gasteiger partial charge on any atom is 0.416 e. The highest BCUT2D eigenvalue weighted by atomic mass is 79.9. The third kappa shape index (κ3) is 3.73. The normalized spacial score (nSPS) is 12.2. The molecule has 0 saturated heterocycles. The molecule has 0 atom stereocenters. The number of benzene rings is 1. The van der Waals surface area contributed by atoms with E-state index in [0.29, 0.717) is 0 Å². The highest BCUT2D eigenvalue weighted by Crippen LogP contribution is 2.34. The third-order valence-corrected chi connectivity index (χ3v) is 4.52. The molecule has 0 radical (unpaired) electrons. The summed E-state index contributed by atoms with van der Waals surface area (Å²) in [6.45, 7) is 0. The Morgan fingerprint density at radius 3 is 2.48 bits per heavy atom. The monoisotopic (exact) mass is 380 g/mol. The molecular weight excluding hydrogens is 373 g/mol. The van der Waals surface area contributed by atoms with Crippen LogP contribution in [-0.4, -0.2) is 13.4 Å². The fourth-order valence-electron chi connectivity index (χ4n) is 1.49. The quantitative estimate of drug-likeness (QED) is 0.883. The van der Waals surface area contributed by atoms with Gasteiger partial charge in [0, 0.05) is 16.9 Å². The first-order valence-electron chi connectivity index (χ1n) is 5.50. The van der Waals surface area contributed by atoms with Crippen molar-refractivity contribution in [2.45, 2.75) is 11.1 Å². The lowest BCUT2D eigenvalue weighted by atomic mass is 10.2. The summed E-state index contributed by atoms with van der Waals surface area (Å²) in [5.41, 5.74) is -1.15. The fourth-order valence-corrected chi connectivity index (χ4v) is 3.00. The predicted molar refractivity (Wildman–Crippen MR) is 74.2 cm³/mol. The second-order valence-electron chi connectivity index (χ2n) is 3.99. The molecule has 0 saturated carbocycles.